The van der Waals surface area contributed by atoms with Crippen LogP contribution in [0.5, 0.6) is 17.2 Å². The lowest BCUT2D eigenvalue weighted by atomic mass is 9.89. The Balaban J connectivity index is 3.11. The normalized spacial score (nSPS) is 12.4. The maximum absolute atomic E-state index is 9.45. The van der Waals surface area contributed by atoms with Crippen molar-refractivity contribution < 1.29 is 19.3 Å². The zero-order valence-corrected chi connectivity index (χ0v) is 12.4. The maximum Gasteiger partial charge on any atom is 0.164 e. The third-order valence-electron chi connectivity index (χ3n) is 3.45. The summed E-state index contributed by atoms with van der Waals surface area (Å²) in [4.78, 5) is 0. The summed E-state index contributed by atoms with van der Waals surface area (Å²) in [7, 11) is 4.84. The minimum atomic E-state index is 0.162. The minimum Gasteiger partial charge on any atom is -0.496 e. The highest BCUT2D eigenvalue weighted by Crippen LogP contribution is 2.36. The quantitative estimate of drug-likeness (QED) is 0.825. The van der Waals surface area contributed by atoms with Crippen molar-refractivity contribution >= 4 is 0 Å². The zero-order valence-electron chi connectivity index (χ0n) is 12.4. The highest BCUT2D eigenvalue weighted by atomic mass is 16.5. The van der Waals surface area contributed by atoms with Crippen molar-refractivity contribution in [3.05, 3.63) is 17.7 Å². The van der Waals surface area contributed by atoms with E-state index in [4.69, 9.17) is 14.2 Å². The molecule has 0 aromatic heterocycles. The van der Waals surface area contributed by atoms with E-state index in [-0.39, 0.29) is 12.5 Å². The standard InChI is InChI=1S/C15H24O4/c1-10(2)12(9-16)6-11-7-14(18-4)15(19-5)8-13(11)17-3/h7-8,10,12,16H,6,9H2,1-5H3. The van der Waals surface area contributed by atoms with Crippen LogP contribution in [-0.4, -0.2) is 33.0 Å². The van der Waals surface area contributed by atoms with E-state index < -0.39 is 0 Å². The molecule has 0 amide bonds. The number of rotatable bonds is 7. The van der Waals surface area contributed by atoms with Gasteiger partial charge in [-0.3, -0.25) is 0 Å². The predicted octanol–water partition coefficient (Wildman–Crippen LogP) is 2.52. The van der Waals surface area contributed by atoms with E-state index in [1.807, 2.05) is 12.1 Å². The fourth-order valence-electron chi connectivity index (χ4n) is 2.05. The molecule has 0 saturated heterocycles. The average Bonchev–Trinajstić information content (AvgIpc) is 2.43. The van der Waals surface area contributed by atoms with Gasteiger partial charge in [-0.1, -0.05) is 13.8 Å². The monoisotopic (exact) mass is 268 g/mol. The van der Waals surface area contributed by atoms with Gasteiger partial charge in [0.15, 0.2) is 11.5 Å². The molecule has 1 aromatic carbocycles. The van der Waals surface area contributed by atoms with Crippen molar-refractivity contribution in [3.8, 4) is 17.2 Å². The second-order valence-corrected chi connectivity index (χ2v) is 4.91. The molecule has 0 heterocycles. The van der Waals surface area contributed by atoms with Crippen molar-refractivity contribution in [3.63, 3.8) is 0 Å². The highest BCUT2D eigenvalue weighted by molar-refractivity contribution is 5.50. The number of aliphatic hydroxyl groups excluding tert-OH is 1. The first kappa shape index (κ1) is 15.6. The van der Waals surface area contributed by atoms with Gasteiger partial charge in [0.1, 0.15) is 5.75 Å². The van der Waals surface area contributed by atoms with Gasteiger partial charge in [-0.2, -0.15) is 0 Å². The third kappa shape index (κ3) is 3.77. The number of aliphatic hydroxyl groups is 1. The van der Waals surface area contributed by atoms with Gasteiger partial charge < -0.3 is 19.3 Å². The molecule has 0 spiro atoms. The number of hydrogen-bond donors (Lipinski definition) is 1. The van der Waals surface area contributed by atoms with Crippen LogP contribution in [0.2, 0.25) is 0 Å². The van der Waals surface area contributed by atoms with Crippen LogP contribution in [0.15, 0.2) is 12.1 Å². The van der Waals surface area contributed by atoms with E-state index >= 15 is 0 Å². The molecular formula is C15H24O4. The molecule has 0 aliphatic heterocycles. The van der Waals surface area contributed by atoms with Crippen molar-refractivity contribution in [1.29, 1.82) is 0 Å². The molecule has 0 saturated carbocycles. The van der Waals surface area contributed by atoms with Gasteiger partial charge in [0, 0.05) is 12.7 Å². The highest BCUT2D eigenvalue weighted by Gasteiger charge is 2.18. The number of benzene rings is 1. The Kier molecular flexibility index (Phi) is 5.96. The van der Waals surface area contributed by atoms with Gasteiger partial charge in [0.05, 0.1) is 21.3 Å². The Morgan fingerprint density at radius 3 is 1.89 bits per heavy atom. The molecule has 0 aliphatic rings. The van der Waals surface area contributed by atoms with Crippen LogP contribution < -0.4 is 14.2 Å². The molecule has 1 rings (SSSR count). The summed E-state index contributed by atoms with van der Waals surface area (Å²) in [5.74, 6) is 2.69. The largest absolute Gasteiger partial charge is 0.496 e. The van der Waals surface area contributed by atoms with Gasteiger partial charge in [-0.05, 0) is 29.9 Å². The number of ether oxygens (including phenoxy) is 3. The summed E-state index contributed by atoms with van der Waals surface area (Å²) in [6.45, 7) is 4.37. The van der Waals surface area contributed by atoms with E-state index in [0.29, 0.717) is 17.4 Å². The smallest absolute Gasteiger partial charge is 0.164 e. The van der Waals surface area contributed by atoms with Gasteiger partial charge in [-0.15, -0.1) is 0 Å². The van der Waals surface area contributed by atoms with Crippen molar-refractivity contribution in [2.24, 2.45) is 11.8 Å². The van der Waals surface area contributed by atoms with Crippen LogP contribution >= 0.6 is 0 Å². The molecule has 1 aromatic rings. The van der Waals surface area contributed by atoms with Crippen LogP contribution in [0.1, 0.15) is 19.4 Å². The Hall–Kier alpha value is -1.42. The Bertz CT molecular complexity index is 401. The molecule has 0 fully saturated rings. The molecule has 1 atom stereocenters. The Morgan fingerprint density at radius 2 is 1.47 bits per heavy atom. The van der Waals surface area contributed by atoms with Crippen LogP contribution in [0.3, 0.4) is 0 Å². The van der Waals surface area contributed by atoms with Crippen molar-refractivity contribution in [2.75, 3.05) is 27.9 Å². The van der Waals surface area contributed by atoms with E-state index in [2.05, 4.69) is 13.8 Å². The molecule has 4 nitrogen and oxygen atoms in total. The summed E-state index contributed by atoms with van der Waals surface area (Å²) in [5, 5.41) is 9.45. The summed E-state index contributed by atoms with van der Waals surface area (Å²) >= 11 is 0. The number of hydrogen-bond acceptors (Lipinski definition) is 4. The minimum absolute atomic E-state index is 0.162. The Morgan fingerprint density at radius 1 is 0.947 bits per heavy atom. The first-order chi connectivity index (χ1) is 9.07. The van der Waals surface area contributed by atoms with Crippen molar-refractivity contribution in [1.82, 2.24) is 0 Å². The summed E-state index contributed by atoms with van der Waals surface area (Å²) in [6.07, 6.45) is 0.748. The molecule has 4 heteroatoms. The fraction of sp³-hybridized carbons (Fsp3) is 0.600. The molecule has 19 heavy (non-hydrogen) atoms. The lowest BCUT2D eigenvalue weighted by Gasteiger charge is -2.20. The SMILES string of the molecule is COc1cc(OC)c(OC)cc1CC(CO)C(C)C. The molecule has 0 aliphatic carbocycles. The average molecular weight is 268 g/mol. The lowest BCUT2D eigenvalue weighted by molar-refractivity contribution is 0.188. The van der Waals surface area contributed by atoms with Gasteiger partial charge in [-0.25, -0.2) is 0 Å². The lowest BCUT2D eigenvalue weighted by Crippen LogP contribution is -2.16. The first-order valence-electron chi connectivity index (χ1n) is 6.47. The van der Waals surface area contributed by atoms with E-state index in [1.165, 1.54) is 0 Å². The van der Waals surface area contributed by atoms with Gasteiger partial charge in [0.25, 0.3) is 0 Å². The molecule has 1 unspecified atom stereocenters. The van der Waals surface area contributed by atoms with Crippen LogP contribution in [0.25, 0.3) is 0 Å². The van der Waals surface area contributed by atoms with E-state index in [1.54, 1.807) is 21.3 Å². The first-order valence-corrected chi connectivity index (χ1v) is 6.47. The topological polar surface area (TPSA) is 47.9 Å². The second kappa shape index (κ2) is 7.24. The zero-order chi connectivity index (χ0) is 14.4. The van der Waals surface area contributed by atoms with Crippen molar-refractivity contribution in [2.45, 2.75) is 20.3 Å². The number of methoxy groups -OCH3 is 3. The molecule has 0 bridgehead atoms. The van der Waals surface area contributed by atoms with E-state index in [0.717, 1.165) is 17.7 Å². The van der Waals surface area contributed by atoms with Gasteiger partial charge in [0.2, 0.25) is 0 Å². The predicted molar refractivity (Wildman–Crippen MR) is 75.2 cm³/mol. The molecule has 0 radical (unpaired) electrons. The molecule has 1 N–H and O–H groups in total. The third-order valence-corrected chi connectivity index (χ3v) is 3.45. The summed E-state index contributed by atoms with van der Waals surface area (Å²) in [6, 6.07) is 3.74. The fourth-order valence-corrected chi connectivity index (χ4v) is 2.05. The van der Waals surface area contributed by atoms with Crippen LogP contribution in [0, 0.1) is 11.8 Å². The molecular weight excluding hydrogens is 244 g/mol. The van der Waals surface area contributed by atoms with Crippen LogP contribution in [-0.2, 0) is 6.42 Å². The van der Waals surface area contributed by atoms with Crippen LogP contribution in [0.4, 0.5) is 0 Å². The molecule has 108 valence electrons. The van der Waals surface area contributed by atoms with Gasteiger partial charge >= 0.3 is 0 Å². The second-order valence-electron chi connectivity index (χ2n) is 4.91. The van der Waals surface area contributed by atoms with E-state index in [9.17, 15) is 5.11 Å². The maximum atomic E-state index is 9.45. The Labute approximate surface area is 115 Å². The summed E-state index contributed by atoms with van der Waals surface area (Å²) < 4.78 is 16.0. The summed E-state index contributed by atoms with van der Waals surface area (Å²) in [5.41, 5.74) is 1.02.